The quantitative estimate of drug-likeness (QED) is 0.197. The Hall–Kier alpha value is -3.92. The van der Waals surface area contributed by atoms with Crippen molar-refractivity contribution >= 4 is 34.2 Å². The molecular formula is C24H13ClF5NO4. The van der Waals surface area contributed by atoms with Crippen LogP contribution in [-0.4, -0.2) is 12.0 Å². The minimum absolute atomic E-state index is 0.0909. The molecule has 4 aromatic rings. The van der Waals surface area contributed by atoms with Crippen LogP contribution in [0, 0.1) is 29.1 Å². The largest absolute Gasteiger partial charge is 0.474 e. The third-order valence-electron chi connectivity index (χ3n) is 4.97. The first-order valence-corrected chi connectivity index (χ1v) is 10.3. The summed E-state index contributed by atoms with van der Waals surface area (Å²) in [5.74, 6) is -13.5. The predicted molar refractivity (Wildman–Crippen MR) is 118 cm³/mol. The maximum absolute atomic E-state index is 13.8. The number of ether oxygens (including phenoxy) is 1. The molecule has 0 spiro atoms. The molecule has 0 saturated heterocycles. The van der Waals surface area contributed by atoms with E-state index >= 15 is 0 Å². The van der Waals surface area contributed by atoms with Gasteiger partial charge in [-0.05, 0) is 37.3 Å². The molecule has 180 valence electrons. The highest BCUT2D eigenvalue weighted by Crippen LogP contribution is 2.31. The molecule has 5 nitrogen and oxygen atoms in total. The van der Waals surface area contributed by atoms with Crippen LogP contribution in [0.1, 0.15) is 6.92 Å². The highest BCUT2D eigenvalue weighted by atomic mass is 35.5. The summed E-state index contributed by atoms with van der Waals surface area (Å²) in [7, 11) is 0. The van der Waals surface area contributed by atoms with Crippen LogP contribution in [0.4, 0.5) is 27.6 Å². The van der Waals surface area contributed by atoms with Gasteiger partial charge in [0.2, 0.25) is 29.1 Å². The van der Waals surface area contributed by atoms with E-state index in [1.165, 1.54) is 24.3 Å². The van der Waals surface area contributed by atoms with Gasteiger partial charge in [-0.15, -0.1) is 0 Å². The Bertz CT molecular complexity index is 1510. The maximum Gasteiger partial charge on any atom is 0.265 e. The number of fused-ring (bicyclic) bond motifs is 1. The molecule has 1 heterocycles. The van der Waals surface area contributed by atoms with Crippen LogP contribution in [0.25, 0.3) is 22.3 Å². The summed E-state index contributed by atoms with van der Waals surface area (Å²) in [4.78, 5) is 25.1. The van der Waals surface area contributed by atoms with E-state index in [4.69, 9.17) is 20.8 Å². The van der Waals surface area contributed by atoms with E-state index in [1.807, 2.05) is 0 Å². The Balaban J connectivity index is 1.58. The second-order valence-electron chi connectivity index (χ2n) is 7.31. The van der Waals surface area contributed by atoms with Crippen molar-refractivity contribution in [3.63, 3.8) is 0 Å². The monoisotopic (exact) mass is 509 g/mol. The lowest BCUT2D eigenvalue weighted by Crippen LogP contribution is -2.31. The van der Waals surface area contributed by atoms with E-state index in [-0.39, 0.29) is 22.4 Å². The van der Waals surface area contributed by atoms with Gasteiger partial charge in [-0.1, -0.05) is 23.7 Å². The summed E-state index contributed by atoms with van der Waals surface area (Å²) in [6.45, 7) is 1.04. The Morgan fingerprint density at radius 2 is 1.57 bits per heavy atom. The molecule has 1 aromatic heterocycles. The van der Waals surface area contributed by atoms with Gasteiger partial charge in [-0.3, -0.25) is 9.59 Å². The highest BCUT2D eigenvalue weighted by Gasteiger charge is 2.29. The molecule has 0 aliphatic rings. The van der Waals surface area contributed by atoms with Gasteiger partial charge in [0.05, 0.1) is 10.4 Å². The van der Waals surface area contributed by atoms with Gasteiger partial charge >= 0.3 is 0 Å². The first kappa shape index (κ1) is 24.2. The number of halogens is 6. The molecule has 35 heavy (non-hydrogen) atoms. The van der Waals surface area contributed by atoms with Crippen LogP contribution in [0.5, 0.6) is 5.75 Å². The second kappa shape index (κ2) is 9.38. The van der Waals surface area contributed by atoms with Crippen molar-refractivity contribution < 1.29 is 35.9 Å². The van der Waals surface area contributed by atoms with Crippen molar-refractivity contribution in [1.29, 1.82) is 0 Å². The van der Waals surface area contributed by atoms with Gasteiger partial charge in [0.1, 0.15) is 11.3 Å². The van der Waals surface area contributed by atoms with Crippen molar-refractivity contribution in [2.75, 3.05) is 5.32 Å². The lowest BCUT2D eigenvalue weighted by molar-refractivity contribution is -0.122. The number of anilines is 1. The Labute approximate surface area is 198 Å². The van der Waals surface area contributed by atoms with Crippen molar-refractivity contribution in [2.24, 2.45) is 0 Å². The fourth-order valence-electron chi connectivity index (χ4n) is 3.19. The number of hydrogen-bond acceptors (Lipinski definition) is 4. The molecule has 0 aliphatic heterocycles. The fourth-order valence-corrected chi connectivity index (χ4v) is 3.42. The third kappa shape index (κ3) is 4.57. The smallest absolute Gasteiger partial charge is 0.265 e. The van der Waals surface area contributed by atoms with Crippen LogP contribution in [-0.2, 0) is 4.79 Å². The number of amides is 1. The van der Waals surface area contributed by atoms with Crippen LogP contribution in [0.3, 0.4) is 0 Å². The summed E-state index contributed by atoms with van der Waals surface area (Å²) in [5.41, 5.74) is 0.344. The van der Waals surface area contributed by atoms with Gasteiger partial charge in [0.25, 0.3) is 5.91 Å². The van der Waals surface area contributed by atoms with E-state index in [0.717, 1.165) is 6.92 Å². The summed E-state index contributed by atoms with van der Waals surface area (Å²) in [6, 6.07) is 12.1. The van der Waals surface area contributed by atoms with Gasteiger partial charge in [-0.2, -0.15) is 8.78 Å². The summed E-state index contributed by atoms with van der Waals surface area (Å²) >= 11 is 6.15. The lowest BCUT2D eigenvalue weighted by Gasteiger charge is -2.16. The van der Waals surface area contributed by atoms with Crippen LogP contribution >= 0.6 is 11.6 Å². The molecule has 1 amide bonds. The molecule has 1 N–H and O–H groups in total. The molecule has 4 rings (SSSR count). The summed E-state index contributed by atoms with van der Waals surface area (Å²) in [6.07, 6.45) is -1.67. The SMILES string of the molecule is CC(Oc1c(F)c(F)c(F)c(F)c1F)C(=O)Nc1ccc2oc(-c3ccccc3Cl)cc(=O)c2c1. The molecule has 0 saturated carbocycles. The topological polar surface area (TPSA) is 68.5 Å². The average molecular weight is 510 g/mol. The van der Waals surface area contributed by atoms with E-state index in [0.29, 0.717) is 10.6 Å². The van der Waals surface area contributed by atoms with E-state index in [2.05, 4.69) is 5.32 Å². The van der Waals surface area contributed by atoms with Crippen molar-refractivity contribution in [2.45, 2.75) is 13.0 Å². The molecule has 0 bridgehead atoms. The summed E-state index contributed by atoms with van der Waals surface area (Å²) < 4.78 is 78.0. The number of carbonyl (C=O) groups is 1. The van der Waals surface area contributed by atoms with Crippen LogP contribution in [0.15, 0.2) is 57.7 Å². The zero-order chi connectivity index (χ0) is 25.4. The molecule has 0 radical (unpaired) electrons. The van der Waals surface area contributed by atoms with Gasteiger partial charge in [0.15, 0.2) is 17.3 Å². The number of nitrogens with one attached hydrogen (secondary N) is 1. The Morgan fingerprint density at radius 1 is 0.943 bits per heavy atom. The second-order valence-corrected chi connectivity index (χ2v) is 7.72. The number of hydrogen-bond donors (Lipinski definition) is 1. The first-order valence-electron chi connectivity index (χ1n) is 9.90. The first-order chi connectivity index (χ1) is 16.6. The lowest BCUT2D eigenvalue weighted by atomic mass is 10.1. The molecule has 1 atom stereocenters. The van der Waals surface area contributed by atoms with E-state index in [9.17, 15) is 31.5 Å². The van der Waals surface area contributed by atoms with Gasteiger partial charge in [-0.25, -0.2) is 13.2 Å². The minimum Gasteiger partial charge on any atom is -0.474 e. The van der Waals surface area contributed by atoms with Crippen molar-refractivity contribution in [3.05, 3.63) is 92.9 Å². The Kier molecular flexibility index (Phi) is 6.49. The normalized spacial score (nSPS) is 12.0. The zero-order valence-corrected chi connectivity index (χ0v) is 18.4. The van der Waals surface area contributed by atoms with Crippen molar-refractivity contribution in [1.82, 2.24) is 0 Å². The average Bonchev–Trinajstić information content (AvgIpc) is 2.84. The van der Waals surface area contributed by atoms with Crippen molar-refractivity contribution in [3.8, 4) is 17.1 Å². The molecule has 0 fully saturated rings. The van der Waals surface area contributed by atoms with Gasteiger partial charge in [0, 0.05) is 17.3 Å². The minimum atomic E-state index is -2.35. The molecular weight excluding hydrogens is 497 g/mol. The van der Waals surface area contributed by atoms with Crippen LogP contribution < -0.4 is 15.5 Å². The maximum atomic E-state index is 13.8. The summed E-state index contributed by atoms with van der Waals surface area (Å²) in [5, 5.41) is 2.82. The molecule has 11 heteroatoms. The van der Waals surface area contributed by atoms with Crippen LogP contribution in [0.2, 0.25) is 5.02 Å². The zero-order valence-electron chi connectivity index (χ0n) is 17.6. The fraction of sp³-hybridized carbons (Fsp3) is 0.0833. The number of benzene rings is 3. The molecule has 0 aliphatic carbocycles. The van der Waals surface area contributed by atoms with E-state index < -0.39 is 52.3 Å². The van der Waals surface area contributed by atoms with E-state index in [1.54, 1.807) is 24.3 Å². The predicted octanol–water partition coefficient (Wildman–Crippen LogP) is 6.21. The standard InChI is InChI=1S/C24H13ClF5NO4/c1-10(34-23-21(29)19(27)18(26)20(28)22(23)30)24(33)31-11-6-7-16-13(8-11)15(32)9-17(35-16)12-4-2-3-5-14(12)25/h2-10H,1H3,(H,31,33). The molecule has 1 unspecified atom stereocenters. The third-order valence-corrected chi connectivity index (χ3v) is 5.30. The Morgan fingerprint density at radius 3 is 2.23 bits per heavy atom. The molecule has 3 aromatic carbocycles. The highest BCUT2D eigenvalue weighted by molar-refractivity contribution is 6.33. The van der Waals surface area contributed by atoms with Gasteiger partial charge < -0.3 is 14.5 Å². The number of carbonyl (C=O) groups excluding carboxylic acids is 1. The number of rotatable bonds is 5.